The van der Waals surface area contributed by atoms with E-state index in [1.807, 2.05) is 38.1 Å². The van der Waals surface area contributed by atoms with Gasteiger partial charge in [0.2, 0.25) is 0 Å². The van der Waals surface area contributed by atoms with Gasteiger partial charge in [-0.1, -0.05) is 0 Å². The lowest BCUT2D eigenvalue weighted by Crippen LogP contribution is -2.26. The van der Waals surface area contributed by atoms with Gasteiger partial charge in [-0.25, -0.2) is 9.97 Å². The average Bonchev–Trinajstić information content (AvgIpc) is 2.80. The number of aromatic nitrogens is 4. The van der Waals surface area contributed by atoms with Crippen LogP contribution >= 0.6 is 15.9 Å². The van der Waals surface area contributed by atoms with Crippen molar-refractivity contribution in [3.63, 3.8) is 0 Å². The second-order valence-corrected chi connectivity index (χ2v) is 5.59. The second kappa shape index (κ2) is 6.92. The van der Waals surface area contributed by atoms with Gasteiger partial charge in [0.15, 0.2) is 5.82 Å². The summed E-state index contributed by atoms with van der Waals surface area (Å²) in [4.78, 5) is 10.8. The minimum absolute atomic E-state index is 0.0877. The Hall–Kier alpha value is -1.31. The molecule has 0 saturated heterocycles. The number of nitrogens with zero attached hydrogens (tertiary/aromatic N) is 5. The molecule has 0 spiro atoms. The molecule has 0 aliphatic heterocycles. The monoisotopic (exact) mass is 338 g/mol. The van der Waals surface area contributed by atoms with Crippen molar-refractivity contribution in [3.05, 3.63) is 40.6 Å². The highest BCUT2D eigenvalue weighted by molar-refractivity contribution is 9.10. The summed E-state index contributed by atoms with van der Waals surface area (Å²) >= 11 is 3.57. The van der Waals surface area contributed by atoms with Crippen LogP contribution in [-0.2, 0) is 6.54 Å². The van der Waals surface area contributed by atoms with Crippen molar-refractivity contribution < 1.29 is 0 Å². The fraction of sp³-hybridized carbons (Fsp3) is 0.462. The average molecular weight is 339 g/mol. The molecule has 0 bridgehead atoms. The number of rotatable bonds is 6. The normalized spacial score (nSPS) is 12.8. The molecular weight excluding hydrogens is 320 g/mol. The molecule has 2 aromatic rings. The molecule has 1 atom stereocenters. The number of halogens is 1. The minimum atomic E-state index is -0.0877. The Morgan fingerprint density at radius 3 is 2.65 bits per heavy atom. The molecule has 1 unspecified atom stereocenters. The molecule has 0 aromatic carbocycles. The topological polar surface area (TPSA) is 58.9 Å². The third-order valence-corrected chi connectivity index (χ3v) is 3.61. The van der Waals surface area contributed by atoms with Crippen molar-refractivity contribution in [2.45, 2.75) is 12.6 Å². The quantitative estimate of drug-likeness (QED) is 0.860. The van der Waals surface area contributed by atoms with Crippen molar-refractivity contribution in [1.82, 2.24) is 30.0 Å². The van der Waals surface area contributed by atoms with E-state index in [2.05, 4.69) is 41.2 Å². The summed E-state index contributed by atoms with van der Waals surface area (Å²) in [6.45, 7) is 1.74. The van der Waals surface area contributed by atoms with E-state index in [0.717, 1.165) is 29.1 Å². The van der Waals surface area contributed by atoms with Gasteiger partial charge in [-0.2, -0.15) is 5.10 Å². The maximum atomic E-state index is 4.43. The van der Waals surface area contributed by atoms with Gasteiger partial charge in [0, 0.05) is 18.9 Å². The van der Waals surface area contributed by atoms with Gasteiger partial charge in [-0.05, 0) is 43.1 Å². The molecule has 20 heavy (non-hydrogen) atoms. The van der Waals surface area contributed by atoms with Crippen LogP contribution in [0.4, 0.5) is 0 Å². The highest BCUT2D eigenvalue weighted by Gasteiger charge is 2.22. The molecular formula is C13H19BrN6. The van der Waals surface area contributed by atoms with Gasteiger partial charge < -0.3 is 10.2 Å². The molecule has 0 aliphatic rings. The first-order valence-electron chi connectivity index (χ1n) is 6.43. The van der Waals surface area contributed by atoms with Crippen LogP contribution in [0, 0.1) is 0 Å². The first-order valence-corrected chi connectivity index (χ1v) is 7.23. The Kier molecular flexibility index (Phi) is 5.22. The lowest BCUT2D eigenvalue weighted by atomic mass is 10.2. The van der Waals surface area contributed by atoms with Gasteiger partial charge >= 0.3 is 0 Å². The Morgan fingerprint density at radius 2 is 2.05 bits per heavy atom. The zero-order valence-electron chi connectivity index (χ0n) is 11.9. The van der Waals surface area contributed by atoms with Crippen molar-refractivity contribution in [1.29, 1.82) is 0 Å². The number of hydrogen-bond acceptors (Lipinski definition) is 5. The lowest BCUT2D eigenvalue weighted by molar-refractivity contribution is 0.365. The van der Waals surface area contributed by atoms with E-state index in [4.69, 9.17) is 0 Å². The van der Waals surface area contributed by atoms with E-state index in [1.165, 1.54) is 0 Å². The maximum Gasteiger partial charge on any atom is 0.151 e. The minimum Gasteiger partial charge on any atom is -0.308 e. The van der Waals surface area contributed by atoms with Crippen LogP contribution in [0.2, 0.25) is 0 Å². The Morgan fingerprint density at radius 1 is 1.35 bits per heavy atom. The molecule has 7 heteroatoms. The summed E-state index contributed by atoms with van der Waals surface area (Å²) in [5.74, 6) is 0.738. The molecule has 1 N–H and O–H groups in total. The number of likely N-dealkylation sites (N-methyl/N-ethyl adjacent to an activating group) is 1. The lowest BCUT2D eigenvalue weighted by Gasteiger charge is -2.18. The van der Waals surface area contributed by atoms with Gasteiger partial charge in [0.25, 0.3) is 0 Å². The fourth-order valence-corrected chi connectivity index (χ4v) is 2.50. The van der Waals surface area contributed by atoms with Gasteiger partial charge in [0.1, 0.15) is 6.04 Å². The third-order valence-electron chi connectivity index (χ3n) is 3.00. The summed E-state index contributed by atoms with van der Waals surface area (Å²) in [7, 11) is 6.00. The van der Waals surface area contributed by atoms with Crippen molar-refractivity contribution in [3.8, 4) is 0 Å². The standard InChI is InChI=1S/C13H19BrN6/c1-15-11(13-16-5-4-6-17-13)12-10(14)9-18-20(12)8-7-19(2)3/h4-6,9,11,15H,7-8H2,1-3H3. The van der Waals surface area contributed by atoms with E-state index in [9.17, 15) is 0 Å². The first kappa shape index (κ1) is 15.1. The number of nitrogens with one attached hydrogen (secondary N) is 1. The molecule has 0 radical (unpaired) electrons. The van der Waals surface area contributed by atoms with Crippen LogP contribution < -0.4 is 5.32 Å². The summed E-state index contributed by atoms with van der Waals surface area (Å²) in [5, 5.41) is 7.69. The third kappa shape index (κ3) is 3.41. The highest BCUT2D eigenvalue weighted by Crippen LogP contribution is 2.26. The van der Waals surface area contributed by atoms with E-state index >= 15 is 0 Å². The zero-order chi connectivity index (χ0) is 14.5. The van der Waals surface area contributed by atoms with E-state index in [-0.39, 0.29) is 6.04 Å². The summed E-state index contributed by atoms with van der Waals surface area (Å²) in [5.41, 5.74) is 1.04. The van der Waals surface area contributed by atoms with Gasteiger partial charge in [-0.15, -0.1) is 0 Å². The largest absolute Gasteiger partial charge is 0.308 e. The Balaban J connectivity index is 2.32. The van der Waals surface area contributed by atoms with Crippen molar-refractivity contribution in [2.75, 3.05) is 27.7 Å². The van der Waals surface area contributed by atoms with Crippen LogP contribution in [-0.4, -0.2) is 52.3 Å². The van der Waals surface area contributed by atoms with E-state index in [1.54, 1.807) is 12.4 Å². The molecule has 0 aliphatic carbocycles. The summed E-state index contributed by atoms with van der Waals surface area (Å²) in [6, 6.07) is 1.73. The van der Waals surface area contributed by atoms with Crippen molar-refractivity contribution >= 4 is 15.9 Å². The fourth-order valence-electron chi connectivity index (χ4n) is 1.98. The van der Waals surface area contributed by atoms with Crippen LogP contribution in [0.5, 0.6) is 0 Å². The van der Waals surface area contributed by atoms with Crippen LogP contribution in [0.1, 0.15) is 17.6 Å². The molecule has 0 fully saturated rings. The summed E-state index contributed by atoms with van der Waals surface area (Å²) < 4.78 is 2.95. The smallest absolute Gasteiger partial charge is 0.151 e. The highest BCUT2D eigenvalue weighted by atomic mass is 79.9. The van der Waals surface area contributed by atoms with E-state index in [0.29, 0.717) is 0 Å². The van der Waals surface area contributed by atoms with E-state index < -0.39 is 0 Å². The molecule has 0 amide bonds. The maximum absolute atomic E-state index is 4.43. The van der Waals surface area contributed by atoms with Crippen LogP contribution in [0.15, 0.2) is 29.1 Å². The first-order chi connectivity index (χ1) is 9.63. The molecule has 2 rings (SSSR count). The Bertz CT molecular complexity index is 539. The summed E-state index contributed by atoms with van der Waals surface area (Å²) in [6.07, 6.45) is 5.32. The Labute approximate surface area is 127 Å². The van der Waals surface area contributed by atoms with Crippen LogP contribution in [0.3, 0.4) is 0 Å². The van der Waals surface area contributed by atoms with Gasteiger partial charge in [0.05, 0.1) is 22.9 Å². The van der Waals surface area contributed by atoms with Gasteiger partial charge in [-0.3, -0.25) is 4.68 Å². The van der Waals surface area contributed by atoms with Crippen molar-refractivity contribution in [2.24, 2.45) is 0 Å². The zero-order valence-corrected chi connectivity index (χ0v) is 13.5. The molecule has 2 aromatic heterocycles. The number of hydrogen-bond donors (Lipinski definition) is 1. The predicted molar refractivity (Wildman–Crippen MR) is 81.4 cm³/mol. The molecule has 0 saturated carbocycles. The molecule has 2 heterocycles. The molecule has 108 valence electrons. The molecule has 6 nitrogen and oxygen atoms in total. The van der Waals surface area contributed by atoms with Crippen LogP contribution in [0.25, 0.3) is 0 Å². The second-order valence-electron chi connectivity index (χ2n) is 4.73. The predicted octanol–water partition coefficient (Wildman–Crippen LogP) is 1.31. The SMILES string of the molecule is CNC(c1ncccn1)c1c(Br)cnn1CCN(C)C.